The zero-order valence-corrected chi connectivity index (χ0v) is 12.7. The highest BCUT2D eigenvalue weighted by Gasteiger charge is 2.42. The fourth-order valence-corrected chi connectivity index (χ4v) is 3.89. The van der Waals surface area contributed by atoms with Crippen molar-refractivity contribution in [3.63, 3.8) is 0 Å². The molecule has 4 rings (SSSR count). The molecule has 0 unspecified atom stereocenters. The van der Waals surface area contributed by atoms with Crippen molar-refractivity contribution in [1.82, 2.24) is 19.4 Å². The zero-order chi connectivity index (χ0) is 14.8. The van der Waals surface area contributed by atoms with E-state index in [0.717, 1.165) is 31.9 Å². The van der Waals surface area contributed by atoms with E-state index >= 15 is 0 Å². The quantitative estimate of drug-likeness (QED) is 0.865. The summed E-state index contributed by atoms with van der Waals surface area (Å²) in [6, 6.07) is 6.69. The monoisotopic (exact) mass is 298 g/mol. The van der Waals surface area contributed by atoms with Crippen LogP contribution < -0.4 is 0 Å². The van der Waals surface area contributed by atoms with E-state index in [-0.39, 0.29) is 0 Å². The van der Waals surface area contributed by atoms with Gasteiger partial charge in [0.1, 0.15) is 0 Å². The third-order valence-electron chi connectivity index (χ3n) is 4.93. The Balaban J connectivity index is 1.44. The molecule has 0 spiro atoms. The molecule has 3 heterocycles. The average Bonchev–Trinajstić information content (AvgIpc) is 3.20. The van der Waals surface area contributed by atoms with Crippen LogP contribution in [0.3, 0.4) is 0 Å². The predicted octanol–water partition coefficient (Wildman–Crippen LogP) is 1.96. The van der Waals surface area contributed by atoms with Gasteiger partial charge in [-0.05, 0) is 25.0 Å². The number of hydrogen-bond donors (Lipinski definition) is 0. The molecule has 1 aliphatic carbocycles. The molecule has 0 N–H and O–H groups in total. The lowest BCUT2D eigenvalue weighted by Gasteiger charge is -2.39. The summed E-state index contributed by atoms with van der Waals surface area (Å²) in [4.78, 5) is 11.2. The summed E-state index contributed by atoms with van der Waals surface area (Å²) in [5.74, 6) is 0.589. The zero-order valence-electron chi connectivity index (χ0n) is 12.7. The molecule has 2 fully saturated rings. The van der Waals surface area contributed by atoms with Crippen molar-refractivity contribution in [1.29, 1.82) is 0 Å². The maximum atomic E-state index is 6.14. The van der Waals surface area contributed by atoms with E-state index in [1.54, 1.807) is 0 Å². The van der Waals surface area contributed by atoms with E-state index in [9.17, 15) is 0 Å². The lowest BCUT2D eigenvalue weighted by atomic mass is 10.0. The topological polar surface area (TPSA) is 43.2 Å². The Morgan fingerprint density at radius 2 is 2.23 bits per heavy atom. The number of rotatable bonds is 4. The number of fused-ring (bicyclic) bond motifs is 1. The summed E-state index contributed by atoms with van der Waals surface area (Å²) in [6.07, 6.45) is 10.5. The molecule has 2 aromatic rings. The van der Waals surface area contributed by atoms with Crippen molar-refractivity contribution in [3.05, 3.63) is 48.8 Å². The van der Waals surface area contributed by atoms with E-state index in [0.29, 0.717) is 18.1 Å². The van der Waals surface area contributed by atoms with Crippen LogP contribution in [0.15, 0.2) is 43.1 Å². The Labute approximate surface area is 130 Å². The first kappa shape index (κ1) is 13.9. The summed E-state index contributed by atoms with van der Waals surface area (Å²) >= 11 is 0. The van der Waals surface area contributed by atoms with Gasteiger partial charge < -0.3 is 9.30 Å². The van der Waals surface area contributed by atoms with Crippen molar-refractivity contribution in [3.8, 4) is 0 Å². The molecule has 5 heteroatoms. The highest BCUT2D eigenvalue weighted by atomic mass is 16.5. The molecule has 1 aliphatic heterocycles. The number of nitrogens with zero attached hydrogens (tertiary/aromatic N) is 4. The van der Waals surface area contributed by atoms with E-state index in [2.05, 4.69) is 31.6 Å². The van der Waals surface area contributed by atoms with E-state index in [1.807, 2.05) is 31.0 Å². The van der Waals surface area contributed by atoms with Crippen LogP contribution in [0, 0.1) is 5.92 Å². The molecule has 1 saturated carbocycles. The van der Waals surface area contributed by atoms with Crippen LogP contribution in [0.1, 0.15) is 18.5 Å². The van der Waals surface area contributed by atoms with Crippen LogP contribution in [-0.4, -0.2) is 44.7 Å². The molecular formula is C17H22N4O. The number of hydrogen-bond acceptors (Lipinski definition) is 4. The fraction of sp³-hybridized carbons (Fsp3) is 0.529. The molecule has 0 bridgehead atoms. The minimum atomic E-state index is 0.347. The summed E-state index contributed by atoms with van der Waals surface area (Å²) in [6.45, 7) is 3.78. The third kappa shape index (κ3) is 2.78. The molecule has 0 radical (unpaired) electrons. The van der Waals surface area contributed by atoms with Gasteiger partial charge >= 0.3 is 0 Å². The second kappa shape index (κ2) is 6.18. The third-order valence-corrected chi connectivity index (χ3v) is 4.93. The van der Waals surface area contributed by atoms with Gasteiger partial charge in [0.05, 0.1) is 24.7 Å². The van der Waals surface area contributed by atoms with E-state index < -0.39 is 0 Å². The lowest BCUT2D eigenvalue weighted by Crippen LogP contribution is -2.50. The predicted molar refractivity (Wildman–Crippen MR) is 83.1 cm³/mol. The van der Waals surface area contributed by atoms with Gasteiger partial charge in [0, 0.05) is 50.2 Å². The molecule has 22 heavy (non-hydrogen) atoms. The van der Waals surface area contributed by atoms with Gasteiger partial charge in [-0.2, -0.15) is 0 Å². The molecule has 0 aromatic carbocycles. The number of aromatic nitrogens is 3. The SMILES string of the molecule is c1ccc(CN2CCO[C@@H]3[C@@H](Cn4ccnc4)CC[C@@H]32)nc1. The van der Waals surface area contributed by atoms with Crippen molar-refractivity contribution >= 4 is 0 Å². The number of pyridine rings is 1. The maximum absolute atomic E-state index is 6.14. The van der Waals surface area contributed by atoms with Crippen LogP contribution >= 0.6 is 0 Å². The van der Waals surface area contributed by atoms with E-state index in [4.69, 9.17) is 4.74 Å². The van der Waals surface area contributed by atoms with Crippen LogP contribution in [0.2, 0.25) is 0 Å². The fourth-order valence-electron chi connectivity index (χ4n) is 3.89. The molecule has 2 aliphatic rings. The van der Waals surface area contributed by atoms with Crippen LogP contribution in [0.25, 0.3) is 0 Å². The lowest BCUT2D eigenvalue weighted by molar-refractivity contribution is -0.0789. The molecule has 2 aromatic heterocycles. The first-order chi connectivity index (χ1) is 10.9. The Hall–Kier alpha value is -1.72. The minimum absolute atomic E-state index is 0.347. The highest BCUT2D eigenvalue weighted by molar-refractivity contribution is 5.05. The molecule has 5 nitrogen and oxygen atoms in total. The van der Waals surface area contributed by atoms with Crippen molar-refractivity contribution in [2.45, 2.75) is 38.1 Å². The average molecular weight is 298 g/mol. The van der Waals surface area contributed by atoms with Crippen molar-refractivity contribution in [2.75, 3.05) is 13.2 Å². The van der Waals surface area contributed by atoms with Gasteiger partial charge in [0.15, 0.2) is 0 Å². The van der Waals surface area contributed by atoms with Crippen LogP contribution in [0.4, 0.5) is 0 Å². The van der Waals surface area contributed by atoms with Gasteiger partial charge in [-0.1, -0.05) is 6.07 Å². The molecule has 1 saturated heterocycles. The number of ether oxygens (including phenoxy) is 1. The summed E-state index contributed by atoms with van der Waals surface area (Å²) in [7, 11) is 0. The van der Waals surface area contributed by atoms with Gasteiger partial charge in [-0.3, -0.25) is 9.88 Å². The second-order valence-electron chi connectivity index (χ2n) is 6.29. The smallest absolute Gasteiger partial charge is 0.0946 e. The maximum Gasteiger partial charge on any atom is 0.0946 e. The van der Waals surface area contributed by atoms with Crippen molar-refractivity contribution in [2.24, 2.45) is 5.92 Å². The summed E-state index contributed by atoms with van der Waals surface area (Å²) in [5, 5.41) is 0. The summed E-state index contributed by atoms with van der Waals surface area (Å²) < 4.78 is 8.31. The Kier molecular flexibility index (Phi) is 3.91. The van der Waals surface area contributed by atoms with Gasteiger partial charge in [0.2, 0.25) is 0 Å². The molecule has 3 atom stereocenters. The van der Waals surface area contributed by atoms with Gasteiger partial charge in [-0.15, -0.1) is 0 Å². The number of imidazole rings is 1. The van der Waals surface area contributed by atoms with Crippen molar-refractivity contribution < 1.29 is 4.74 Å². The number of morpholine rings is 1. The van der Waals surface area contributed by atoms with Gasteiger partial charge in [-0.25, -0.2) is 4.98 Å². The summed E-state index contributed by atoms with van der Waals surface area (Å²) in [5.41, 5.74) is 1.15. The molecule has 116 valence electrons. The molecular weight excluding hydrogens is 276 g/mol. The molecule has 0 amide bonds. The first-order valence-electron chi connectivity index (χ1n) is 8.11. The normalized spacial score (nSPS) is 28.6. The standard InChI is InChI=1S/C17H22N4O/c1-2-6-19-15(3-1)12-21-9-10-22-17-14(4-5-16(17)21)11-20-8-7-18-13-20/h1-3,6-8,13-14,16-17H,4-5,9-12H2/t14-,16+,17-/m1/s1. The Morgan fingerprint density at radius 1 is 1.23 bits per heavy atom. The Bertz CT molecular complexity index is 586. The first-order valence-corrected chi connectivity index (χ1v) is 8.11. The van der Waals surface area contributed by atoms with Crippen LogP contribution in [0.5, 0.6) is 0 Å². The van der Waals surface area contributed by atoms with E-state index in [1.165, 1.54) is 12.8 Å². The minimum Gasteiger partial charge on any atom is -0.375 e. The van der Waals surface area contributed by atoms with Gasteiger partial charge in [0.25, 0.3) is 0 Å². The van der Waals surface area contributed by atoms with Crippen LogP contribution in [-0.2, 0) is 17.8 Å². The largest absolute Gasteiger partial charge is 0.375 e. The Morgan fingerprint density at radius 3 is 3.05 bits per heavy atom. The second-order valence-corrected chi connectivity index (χ2v) is 6.29. The highest BCUT2D eigenvalue weighted by Crippen LogP contribution is 2.36.